The average molecular weight is 311 g/mol. The normalized spacial score (nSPS) is 44.8. The SMILES string of the molecule is CO[C@H]1O[C@@H]2CO[C@H](c3ccccc3)O[C@H]2[C@@H]2[C@H](CCl)[C@H]12. The van der Waals surface area contributed by atoms with E-state index in [0.717, 1.165) is 5.56 Å². The lowest BCUT2D eigenvalue weighted by molar-refractivity contribution is -0.316. The van der Waals surface area contributed by atoms with E-state index in [1.807, 2.05) is 30.3 Å². The maximum Gasteiger partial charge on any atom is 0.184 e. The van der Waals surface area contributed by atoms with Crippen molar-refractivity contribution in [2.24, 2.45) is 17.8 Å². The van der Waals surface area contributed by atoms with Crippen molar-refractivity contribution >= 4 is 11.6 Å². The molecule has 0 radical (unpaired) electrons. The van der Waals surface area contributed by atoms with E-state index < -0.39 is 0 Å². The van der Waals surface area contributed by atoms with Crippen LogP contribution in [0.4, 0.5) is 0 Å². The maximum absolute atomic E-state index is 6.19. The third kappa shape index (κ3) is 2.30. The molecule has 4 rings (SSSR count). The fourth-order valence-corrected chi connectivity index (χ4v) is 4.15. The quantitative estimate of drug-likeness (QED) is 0.804. The fraction of sp³-hybridized carbons (Fsp3) is 0.625. The Balaban J connectivity index is 1.52. The number of rotatable bonds is 3. The Morgan fingerprint density at radius 2 is 2.00 bits per heavy atom. The average Bonchev–Trinajstić information content (AvgIpc) is 3.29. The largest absolute Gasteiger partial charge is 0.356 e. The van der Waals surface area contributed by atoms with Gasteiger partial charge < -0.3 is 18.9 Å². The summed E-state index contributed by atoms with van der Waals surface area (Å²) >= 11 is 6.08. The van der Waals surface area contributed by atoms with Crippen molar-refractivity contribution in [3.63, 3.8) is 0 Å². The van der Waals surface area contributed by atoms with Crippen molar-refractivity contribution in [2.45, 2.75) is 24.8 Å². The first-order chi connectivity index (χ1) is 10.3. The van der Waals surface area contributed by atoms with Crippen molar-refractivity contribution in [1.82, 2.24) is 0 Å². The van der Waals surface area contributed by atoms with E-state index in [0.29, 0.717) is 30.2 Å². The van der Waals surface area contributed by atoms with Gasteiger partial charge in [-0.15, -0.1) is 11.6 Å². The first kappa shape index (κ1) is 14.0. The summed E-state index contributed by atoms with van der Waals surface area (Å²) in [6, 6.07) is 10.0. The number of methoxy groups -OCH3 is 1. The van der Waals surface area contributed by atoms with Crippen LogP contribution >= 0.6 is 11.6 Å². The summed E-state index contributed by atoms with van der Waals surface area (Å²) in [6.07, 6.45) is -0.513. The molecule has 2 heterocycles. The van der Waals surface area contributed by atoms with Crippen LogP contribution in [0.3, 0.4) is 0 Å². The summed E-state index contributed by atoms with van der Waals surface area (Å²) in [5, 5.41) is 0. The molecule has 0 aromatic heterocycles. The molecule has 1 aliphatic carbocycles. The number of hydrogen-bond acceptors (Lipinski definition) is 4. The molecule has 114 valence electrons. The van der Waals surface area contributed by atoms with E-state index in [2.05, 4.69) is 0 Å². The van der Waals surface area contributed by atoms with E-state index in [1.165, 1.54) is 0 Å². The van der Waals surface area contributed by atoms with Gasteiger partial charge in [-0.2, -0.15) is 0 Å². The Morgan fingerprint density at radius 1 is 1.19 bits per heavy atom. The van der Waals surface area contributed by atoms with Gasteiger partial charge in [0.05, 0.1) is 12.7 Å². The van der Waals surface area contributed by atoms with Crippen molar-refractivity contribution in [3.05, 3.63) is 35.9 Å². The van der Waals surface area contributed by atoms with Gasteiger partial charge in [-0.25, -0.2) is 0 Å². The zero-order valence-corrected chi connectivity index (χ0v) is 12.6. The van der Waals surface area contributed by atoms with Gasteiger partial charge in [0.2, 0.25) is 0 Å². The minimum atomic E-state index is -0.313. The maximum atomic E-state index is 6.19. The summed E-state index contributed by atoms with van der Waals surface area (Å²) in [5.74, 6) is 1.81. The molecule has 1 aromatic carbocycles. The van der Waals surface area contributed by atoms with E-state index in [1.54, 1.807) is 7.11 Å². The molecule has 4 nitrogen and oxygen atoms in total. The van der Waals surface area contributed by atoms with Crippen molar-refractivity contribution in [3.8, 4) is 0 Å². The molecule has 0 unspecified atom stereocenters. The monoisotopic (exact) mass is 310 g/mol. The molecule has 1 aromatic rings. The predicted octanol–water partition coefficient (Wildman–Crippen LogP) is 2.57. The zero-order chi connectivity index (χ0) is 14.4. The Bertz CT molecular complexity index is 496. The van der Waals surface area contributed by atoms with Crippen molar-refractivity contribution in [1.29, 1.82) is 0 Å². The van der Waals surface area contributed by atoms with Gasteiger partial charge in [-0.1, -0.05) is 30.3 Å². The number of halogens is 1. The van der Waals surface area contributed by atoms with Crippen LogP contribution in [0, 0.1) is 17.8 Å². The standard InChI is InChI=1S/C16H19ClO4/c1-18-16-13-10(7-17)12(13)14-11(20-16)8-19-15(21-14)9-5-3-2-4-6-9/h2-6,10-16H,7-8H2,1H3/t10-,11+,12+,13-,14+,15-,16-/m0/s1. The van der Waals surface area contributed by atoms with E-state index in [4.69, 9.17) is 30.5 Å². The van der Waals surface area contributed by atoms with E-state index >= 15 is 0 Å². The minimum absolute atomic E-state index is 0.0455. The van der Waals surface area contributed by atoms with Crippen LogP contribution < -0.4 is 0 Å². The summed E-state index contributed by atoms with van der Waals surface area (Å²) in [5.41, 5.74) is 1.05. The van der Waals surface area contributed by atoms with E-state index in [9.17, 15) is 0 Å². The third-order valence-corrected chi connectivity index (χ3v) is 5.19. The second kappa shape index (κ2) is 5.52. The van der Waals surface area contributed by atoms with Gasteiger partial charge in [0.25, 0.3) is 0 Å². The van der Waals surface area contributed by atoms with Gasteiger partial charge in [-0.05, 0) is 5.92 Å². The molecule has 2 saturated heterocycles. The third-order valence-electron chi connectivity index (χ3n) is 4.84. The van der Waals surface area contributed by atoms with Crippen LogP contribution in [0.1, 0.15) is 11.9 Å². The number of hydrogen-bond donors (Lipinski definition) is 0. The van der Waals surface area contributed by atoms with Crippen LogP contribution in [0.5, 0.6) is 0 Å². The number of benzene rings is 1. The Labute approximate surface area is 129 Å². The zero-order valence-electron chi connectivity index (χ0n) is 11.9. The number of ether oxygens (including phenoxy) is 4. The first-order valence-corrected chi connectivity index (χ1v) is 7.93. The van der Waals surface area contributed by atoms with Gasteiger partial charge in [0.1, 0.15) is 6.10 Å². The lowest BCUT2D eigenvalue weighted by atomic mass is 10.0. The van der Waals surface area contributed by atoms with Crippen molar-refractivity contribution in [2.75, 3.05) is 19.6 Å². The highest BCUT2D eigenvalue weighted by atomic mass is 35.5. The van der Waals surface area contributed by atoms with Crippen molar-refractivity contribution < 1.29 is 18.9 Å². The Kier molecular flexibility index (Phi) is 3.67. The first-order valence-electron chi connectivity index (χ1n) is 7.39. The molecule has 3 fully saturated rings. The molecule has 0 bridgehead atoms. The molecule has 0 spiro atoms. The molecule has 21 heavy (non-hydrogen) atoms. The summed E-state index contributed by atoms with van der Waals surface area (Å²) in [6.45, 7) is 0.530. The van der Waals surface area contributed by atoms with Crippen LogP contribution in [-0.2, 0) is 18.9 Å². The lowest BCUT2D eigenvalue weighted by Crippen LogP contribution is -2.49. The van der Waals surface area contributed by atoms with Gasteiger partial charge in [-0.3, -0.25) is 0 Å². The summed E-state index contributed by atoms with van der Waals surface area (Å²) in [7, 11) is 1.68. The minimum Gasteiger partial charge on any atom is -0.356 e. The van der Waals surface area contributed by atoms with Gasteiger partial charge in [0.15, 0.2) is 12.6 Å². The Morgan fingerprint density at radius 3 is 2.71 bits per heavy atom. The molecule has 3 aliphatic rings. The summed E-state index contributed by atoms with van der Waals surface area (Å²) in [4.78, 5) is 0. The molecular weight excluding hydrogens is 292 g/mol. The van der Waals surface area contributed by atoms with E-state index in [-0.39, 0.29) is 24.8 Å². The second-order valence-corrected chi connectivity index (χ2v) is 6.24. The van der Waals surface area contributed by atoms with Crippen LogP contribution in [0.2, 0.25) is 0 Å². The fourth-order valence-electron chi connectivity index (χ4n) is 3.74. The highest BCUT2D eigenvalue weighted by molar-refractivity contribution is 6.18. The Hall–Kier alpha value is -0.650. The molecular formula is C16H19ClO4. The highest BCUT2D eigenvalue weighted by Gasteiger charge is 2.65. The van der Waals surface area contributed by atoms with Crippen LogP contribution in [-0.4, -0.2) is 38.1 Å². The summed E-state index contributed by atoms with van der Waals surface area (Å²) < 4.78 is 23.4. The highest BCUT2D eigenvalue weighted by Crippen LogP contribution is 2.58. The number of alkyl halides is 1. The predicted molar refractivity (Wildman–Crippen MR) is 76.9 cm³/mol. The topological polar surface area (TPSA) is 36.9 Å². The molecule has 7 atom stereocenters. The van der Waals surface area contributed by atoms with Gasteiger partial charge >= 0.3 is 0 Å². The molecule has 5 heteroatoms. The molecule has 0 amide bonds. The van der Waals surface area contributed by atoms with Crippen LogP contribution in [0.15, 0.2) is 30.3 Å². The van der Waals surface area contributed by atoms with Gasteiger partial charge in [0, 0.05) is 30.4 Å². The molecule has 0 N–H and O–H groups in total. The second-order valence-electron chi connectivity index (χ2n) is 5.93. The number of fused-ring (bicyclic) bond motifs is 3. The smallest absolute Gasteiger partial charge is 0.184 e. The molecule has 1 saturated carbocycles. The molecule has 2 aliphatic heterocycles. The van der Waals surface area contributed by atoms with Crippen LogP contribution in [0.25, 0.3) is 0 Å². The lowest BCUT2D eigenvalue weighted by Gasteiger charge is -2.41.